The maximum atomic E-state index is 11.8. The topological polar surface area (TPSA) is 77.0 Å². The second-order valence-electron chi connectivity index (χ2n) is 3.18. The van der Waals surface area contributed by atoms with Crippen LogP contribution in [0.15, 0.2) is 21.4 Å². The number of nitrogens with one attached hydrogen (secondary N) is 1. The van der Waals surface area contributed by atoms with Crippen LogP contribution in [0.3, 0.4) is 0 Å². The minimum Gasteiger partial charge on any atom is -0.497 e. The molecule has 1 N–H and O–H groups in total. The number of nitrogens with zero attached hydrogens (tertiary/aromatic N) is 1. The fourth-order valence-corrected chi connectivity index (χ4v) is 2.85. The van der Waals surface area contributed by atoms with E-state index in [1.54, 1.807) is 6.07 Å². The fraction of sp³-hybridized carbons (Fsp3) is 0.222. The maximum Gasteiger partial charge on any atom is 0.287 e. The molecule has 1 heterocycles. The molecule has 0 bridgehead atoms. The smallest absolute Gasteiger partial charge is 0.287 e. The predicted molar refractivity (Wildman–Crippen MR) is 63.6 cm³/mol. The van der Waals surface area contributed by atoms with Gasteiger partial charge in [0.2, 0.25) is 5.29 Å². The number of hydrogen-bond donors (Lipinski definition) is 1. The van der Waals surface area contributed by atoms with Gasteiger partial charge in [0, 0.05) is 12.1 Å². The maximum absolute atomic E-state index is 11.8. The molecule has 17 heavy (non-hydrogen) atoms. The summed E-state index contributed by atoms with van der Waals surface area (Å²) in [6.45, 7) is 0. The lowest BCUT2D eigenvalue weighted by molar-refractivity contribution is 0.393. The fourth-order valence-electron chi connectivity index (χ4n) is 1.45. The van der Waals surface area contributed by atoms with E-state index in [9.17, 15) is 8.42 Å². The van der Waals surface area contributed by atoms with Crippen LogP contribution in [-0.4, -0.2) is 27.9 Å². The summed E-state index contributed by atoms with van der Waals surface area (Å²) < 4.78 is 37.0. The van der Waals surface area contributed by atoms with Gasteiger partial charge in [-0.15, -0.1) is 4.40 Å². The second kappa shape index (κ2) is 4.08. The molecule has 0 saturated carbocycles. The Morgan fingerprint density at radius 3 is 2.59 bits per heavy atom. The largest absolute Gasteiger partial charge is 0.497 e. The van der Waals surface area contributed by atoms with E-state index in [1.807, 2.05) is 0 Å². The second-order valence-corrected chi connectivity index (χ2v) is 5.12. The number of benzene rings is 1. The standard InChI is InChI=1S/C9H9ClN2O4S/c1-15-5-3-6(16-2)8-7(4-5)17(13,14)12-9(10)11-8/h3-4H,1-2H3,(H,11,12). The lowest BCUT2D eigenvalue weighted by Crippen LogP contribution is -2.17. The van der Waals surface area contributed by atoms with E-state index in [-0.39, 0.29) is 15.9 Å². The molecule has 2 rings (SSSR count). The van der Waals surface area contributed by atoms with E-state index in [1.165, 1.54) is 20.3 Å². The average Bonchev–Trinajstić information content (AvgIpc) is 2.27. The van der Waals surface area contributed by atoms with E-state index in [0.29, 0.717) is 11.5 Å². The molecular formula is C9H9ClN2O4S. The molecule has 0 amide bonds. The van der Waals surface area contributed by atoms with Gasteiger partial charge in [0.25, 0.3) is 10.0 Å². The van der Waals surface area contributed by atoms with Crippen molar-refractivity contribution in [1.82, 2.24) is 0 Å². The molecule has 0 atom stereocenters. The van der Waals surface area contributed by atoms with E-state index in [2.05, 4.69) is 9.71 Å². The first-order valence-corrected chi connectivity index (χ1v) is 6.33. The van der Waals surface area contributed by atoms with Gasteiger partial charge in [-0.3, -0.25) is 0 Å². The number of amidine groups is 1. The Kier molecular flexibility index (Phi) is 2.88. The van der Waals surface area contributed by atoms with Crippen molar-refractivity contribution >= 4 is 32.6 Å². The Labute approximate surface area is 103 Å². The molecule has 6 nitrogen and oxygen atoms in total. The van der Waals surface area contributed by atoms with Crippen LogP contribution in [0.25, 0.3) is 0 Å². The van der Waals surface area contributed by atoms with Crippen LogP contribution in [0.5, 0.6) is 11.5 Å². The monoisotopic (exact) mass is 276 g/mol. The van der Waals surface area contributed by atoms with Gasteiger partial charge in [-0.05, 0) is 11.6 Å². The molecule has 1 aromatic carbocycles. The van der Waals surface area contributed by atoms with Crippen molar-refractivity contribution in [2.75, 3.05) is 19.5 Å². The third-order valence-corrected chi connectivity index (χ3v) is 3.78. The zero-order chi connectivity index (χ0) is 12.6. The molecule has 0 spiro atoms. The lowest BCUT2D eigenvalue weighted by atomic mass is 10.2. The van der Waals surface area contributed by atoms with Crippen LogP contribution in [0.2, 0.25) is 0 Å². The Hall–Kier alpha value is -1.47. The normalized spacial score (nSPS) is 16.5. The zero-order valence-corrected chi connectivity index (χ0v) is 10.6. The summed E-state index contributed by atoms with van der Waals surface area (Å²) in [6.07, 6.45) is 0. The molecule has 92 valence electrons. The van der Waals surface area contributed by atoms with Crippen molar-refractivity contribution in [1.29, 1.82) is 0 Å². The van der Waals surface area contributed by atoms with Crippen LogP contribution in [0.4, 0.5) is 5.69 Å². The van der Waals surface area contributed by atoms with Crippen molar-refractivity contribution in [3.05, 3.63) is 12.1 Å². The van der Waals surface area contributed by atoms with Crippen molar-refractivity contribution in [3.8, 4) is 11.5 Å². The minimum atomic E-state index is -3.82. The van der Waals surface area contributed by atoms with Crippen LogP contribution in [0, 0.1) is 0 Å². The molecule has 0 aliphatic carbocycles. The SMILES string of the molecule is COc1cc(OC)c2c(c1)S(=O)(=O)N=C(Cl)N2. The lowest BCUT2D eigenvalue weighted by Gasteiger charge is -2.18. The number of rotatable bonds is 2. The molecule has 1 aliphatic heterocycles. The molecule has 0 fully saturated rings. The van der Waals surface area contributed by atoms with Crippen molar-refractivity contribution in [2.45, 2.75) is 4.90 Å². The van der Waals surface area contributed by atoms with Gasteiger partial charge >= 0.3 is 0 Å². The van der Waals surface area contributed by atoms with Crippen LogP contribution >= 0.6 is 11.6 Å². The number of ether oxygens (including phenoxy) is 2. The summed E-state index contributed by atoms with van der Waals surface area (Å²) in [4.78, 5) is -0.0295. The molecular weight excluding hydrogens is 268 g/mol. The highest BCUT2D eigenvalue weighted by molar-refractivity contribution is 7.90. The average molecular weight is 277 g/mol. The highest BCUT2D eigenvalue weighted by atomic mass is 35.5. The number of fused-ring (bicyclic) bond motifs is 1. The molecule has 1 aromatic rings. The molecule has 8 heteroatoms. The number of hydrogen-bond acceptors (Lipinski definition) is 5. The van der Waals surface area contributed by atoms with Gasteiger partial charge in [0.1, 0.15) is 22.1 Å². The van der Waals surface area contributed by atoms with Gasteiger partial charge < -0.3 is 14.8 Å². The van der Waals surface area contributed by atoms with Crippen LogP contribution in [-0.2, 0) is 10.0 Å². The van der Waals surface area contributed by atoms with Gasteiger partial charge in [-0.25, -0.2) is 0 Å². The van der Waals surface area contributed by atoms with E-state index >= 15 is 0 Å². The zero-order valence-electron chi connectivity index (χ0n) is 9.02. The first-order valence-electron chi connectivity index (χ1n) is 4.51. The number of halogens is 1. The Bertz CT molecular complexity index is 597. The quantitative estimate of drug-likeness (QED) is 0.827. The number of methoxy groups -OCH3 is 2. The third-order valence-electron chi connectivity index (χ3n) is 2.20. The van der Waals surface area contributed by atoms with E-state index < -0.39 is 10.0 Å². The highest BCUT2D eigenvalue weighted by Crippen LogP contribution is 2.39. The Balaban J connectivity index is 2.74. The minimum absolute atomic E-state index is 0.0295. The molecule has 0 saturated heterocycles. The predicted octanol–water partition coefficient (Wildman–Crippen LogP) is 1.41. The third kappa shape index (κ3) is 2.03. The van der Waals surface area contributed by atoms with Gasteiger partial charge in [-0.2, -0.15) is 8.42 Å². The summed E-state index contributed by atoms with van der Waals surface area (Å²) in [5.41, 5.74) is 0.258. The summed E-state index contributed by atoms with van der Waals surface area (Å²) in [5, 5.41) is 2.42. The number of sulfonamides is 1. The van der Waals surface area contributed by atoms with Crippen LogP contribution in [0.1, 0.15) is 0 Å². The Morgan fingerprint density at radius 1 is 1.29 bits per heavy atom. The summed E-state index contributed by atoms with van der Waals surface area (Å²) in [6, 6.07) is 2.91. The van der Waals surface area contributed by atoms with Crippen LogP contribution < -0.4 is 14.8 Å². The highest BCUT2D eigenvalue weighted by Gasteiger charge is 2.28. The molecule has 1 aliphatic rings. The molecule has 0 unspecified atom stereocenters. The van der Waals surface area contributed by atoms with E-state index in [0.717, 1.165) is 0 Å². The van der Waals surface area contributed by atoms with E-state index in [4.69, 9.17) is 21.1 Å². The molecule has 0 radical (unpaired) electrons. The molecule has 0 aromatic heterocycles. The van der Waals surface area contributed by atoms with Gasteiger partial charge in [-0.1, -0.05) is 0 Å². The van der Waals surface area contributed by atoms with Crippen molar-refractivity contribution < 1.29 is 17.9 Å². The summed E-state index contributed by atoms with van der Waals surface area (Å²) in [7, 11) is -0.972. The van der Waals surface area contributed by atoms with Crippen molar-refractivity contribution in [2.24, 2.45) is 4.40 Å². The van der Waals surface area contributed by atoms with Gasteiger partial charge in [0.15, 0.2) is 0 Å². The first kappa shape index (κ1) is 12.0. The summed E-state index contributed by atoms with van der Waals surface area (Å²) in [5.74, 6) is 0.676. The van der Waals surface area contributed by atoms with Gasteiger partial charge in [0.05, 0.1) is 14.2 Å². The Morgan fingerprint density at radius 2 is 2.00 bits per heavy atom. The summed E-state index contributed by atoms with van der Waals surface area (Å²) >= 11 is 5.60. The first-order chi connectivity index (χ1) is 7.97. The van der Waals surface area contributed by atoms with Crippen molar-refractivity contribution in [3.63, 3.8) is 0 Å². The number of anilines is 1.